The number of hydrogen-bond donors (Lipinski definition) is 1. The average molecular weight is 254 g/mol. The molecule has 6 nitrogen and oxygen atoms in total. The second kappa shape index (κ2) is 5.24. The molecule has 2 unspecified atom stereocenters. The molecular weight excluding hydrogens is 232 g/mol. The number of carbonyl (C=O) groups is 2. The predicted octanol–water partition coefficient (Wildman–Crippen LogP) is -1.43. The van der Waals surface area contributed by atoms with Crippen LogP contribution in [0.15, 0.2) is 0 Å². The first-order valence-corrected chi connectivity index (χ1v) is 6.46. The minimum atomic E-state index is 0.0361. The highest BCUT2D eigenvalue weighted by atomic mass is 16.2. The Labute approximate surface area is 108 Å². The molecule has 2 N–H and O–H groups in total. The third kappa shape index (κ3) is 3.00. The van der Waals surface area contributed by atoms with Crippen molar-refractivity contribution in [1.82, 2.24) is 14.7 Å². The molecule has 6 heteroatoms. The highest BCUT2D eigenvalue weighted by Gasteiger charge is 2.42. The lowest BCUT2D eigenvalue weighted by molar-refractivity contribution is -0.140. The summed E-state index contributed by atoms with van der Waals surface area (Å²) in [5, 5.41) is 0. The van der Waals surface area contributed by atoms with Crippen molar-refractivity contribution in [2.24, 2.45) is 11.7 Å². The van der Waals surface area contributed by atoms with Gasteiger partial charge in [0.2, 0.25) is 11.8 Å². The molecule has 2 rings (SSSR count). The first-order chi connectivity index (χ1) is 8.49. The zero-order valence-corrected chi connectivity index (χ0v) is 11.1. The van der Waals surface area contributed by atoms with Crippen molar-refractivity contribution in [3.05, 3.63) is 0 Å². The van der Waals surface area contributed by atoms with Crippen LogP contribution in [-0.4, -0.2) is 79.4 Å². The summed E-state index contributed by atoms with van der Waals surface area (Å²) in [4.78, 5) is 29.3. The molecule has 18 heavy (non-hydrogen) atoms. The molecule has 1 saturated heterocycles. The van der Waals surface area contributed by atoms with Crippen molar-refractivity contribution in [2.75, 3.05) is 46.8 Å². The van der Waals surface area contributed by atoms with Crippen LogP contribution in [0.4, 0.5) is 0 Å². The summed E-state index contributed by atoms with van der Waals surface area (Å²) in [6.45, 7) is 2.99. The molecule has 2 fully saturated rings. The van der Waals surface area contributed by atoms with Gasteiger partial charge in [0.15, 0.2) is 0 Å². The fourth-order valence-corrected chi connectivity index (χ4v) is 2.28. The van der Waals surface area contributed by atoms with E-state index >= 15 is 0 Å². The summed E-state index contributed by atoms with van der Waals surface area (Å²) in [5.41, 5.74) is 5.69. The lowest BCUT2D eigenvalue weighted by atomic mass is 10.2. The van der Waals surface area contributed by atoms with E-state index in [9.17, 15) is 9.59 Å². The second-order valence-corrected chi connectivity index (χ2v) is 5.45. The van der Waals surface area contributed by atoms with Crippen molar-refractivity contribution in [3.8, 4) is 0 Å². The lowest BCUT2D eigenvalue weighted by Gasteiger charge is -2.35. The molecule has 2 atom stereocenters. The summed E-state index contributed by atoms with van der Waals surface area (Å²) in [5.74, 6) is 0.339. The fourth-order valence-electron chi connectivity index (χ4n) is 2.28. The Hall–Kier alpha value is -1.14. The van der Waals surface area contributed by atoms with Gasteiger partial charge in [0.25, 0.3) is 0 Å². The molecule has 0 spiro atoms. The number of piperazine rings is 1. The highest BCUT2D eigenvalue weighted by Crippen LogP contribution is 2.30. The number of hydrogen-bond acceptors (Lipinski definition) is 4. The topological polar surface area (TPSA) is 69.9 Å². The van der Waals surface area contributed by atoms with Crippen molar-refractivity contribution in [2.45, 2.75) is 12.5 Å². The Morgan fingerprint density at radius 2 is 1.67 bits per heavy atom. The van der Waals surface area contributed by atoms with Crippen molar-refractivity contribution < 1.29 is 9.59 Å². The van der Waals surface area contributed by atoms with Crippen molar-refractivity contribution in [3.63, 3.8) is 0 Å². The number of amides is 2. The van der Waals surface area contributed by atoms with E-state index in [1.807, 2.05) is 28.8 Å². The van der Waals surface area contributed by atoms with Gasteiger partial charge in [0.05, 0.1) is 12.5 Å². The van der Waals surface area contributed by atoms with Gasteiger partial charge in [-0.3, -0.25) is 9.59 Å². The minimum absolute atomic E-state index is 0.0361. The zero-order valence-electron chi connectivity index (χ0n) is 11.1. The molecule has 0 aromatic carbocycles. The summed E-state index contributed by atoms with van der Waals surface area (Å²) in [6, 6.07) is 0.0610. The van der Waals surface area contributed by atoms with E-state index < -0.39 is 0 Å². The predicted molar refractivity (Wildman–Crippen MR) is 67.8 cm³/mol. The van der Waals surface area contributed by atoms with Gasteiger partial charge in [-0.15, -0.1) is 0 Å². The molecule has 0 aromatic heterocycles. The van der Waals surface area contributed by atoms with Gasteiger partial charge in [-0.25, -0.2) is 0 Å². The fraction of sp³-hybridized carbons (Fsp3) is 0.833. The number of likely N-dealkylation sites (N-methyl/N-ethyl adjacent to an activating group) is 1. The lowest BCUT2D eigenvalue weighted by Crippen LogP contribution is -2.52. The number of rotatable bonds is 3. The molecule has 1 aliphatic heterocycles. The van der Waals surface area contributed by atoms with E-state index in [1.165, 1.54) is 0 Å². The van der Waals surface area contributed by atoms with E-state index in [4.69, 9.17) is 5.73 Å². The molecular formula is C12H22N4O2. The van der Waals surface area contributed by atoms with Crippen LogP contribution in [0.25, 0.3) is 0 Å². The van der Waals surface area contributed by atoms with E-state index in [2.05, 4.69) is 0 Å². The van der Waals surface area contributed by atoms with Crippen LogP contribution in [0.5, 0.6) is 0 Å². The van der Waals surface area contributed by atoms with Gasteiger partial charge in [-0.1, -0.05) is 0 Å². The van der Waals surface area contributed by atoms with Crippen LogP contribution in [0.2, 0.25) is 0 Å². The Balaban J connectivity index is 1.77. The van der Waals surface area contributed by atoms with Gasteiger partial charge in [0, 0.05) is 32.2 Å². The quantitative estimate of drug-likeness (QED) is 0.670. The van der Waals surface area contributed by atoms with E-state index in [0.717, 1.165) is 6.42 Å². The average Bonchev–Trinajstić information content (AvgIpc) is 3.05. The van der Waals surface area contributed by atoms with Gasteiger partial charge >= 0.3 is 0 Å². The first-order valence-electron chi connectivity index (χ1n) is 6.46. The maximum Gasteiger partial charge on any atom is 0.236 e. The van der Waals surface area contributed by atoms with Crippen LogP contribution in [0.1, 0.15) is 6.42 Å². The second-order valence-electron chi connectivity index (χ2n) is 5.45. The summed E-state index contributed by atoms with van der Waals surface area (Å²) >= 11 is 0. The molecule has 2 aliphatic rings. The SMILES string of the molecule is CN(C)CC(=O)N1CCN(C(=O)C2CC2N)CC1. The number of nitrogens with zero attached hydrogens (tertiary/aromatic N) is 3. The number of nitrogens with two attached hydrogens (primary N) is 1. The normalized spacial score (nSPS) is 27.6. The van der Waals surface area contributed by atoms with Gasteiger partial charge in [-0.05, 0) is 20.5 Å². The maximum atomic E-state index is 12.0. The Kier molecular flexibility index (Phi) is 3.87. The van der Waals surface area contributed by atoms with Gasteiger partial charge < -0.3 is 20.4 Å². The molecule has 2 amide bonds. The maximum absolute atomic E-state index is 12.0. The zero-order chi connectivity index (χ0) is 13.3. The van der Waals surface area contributed by atoms with Gasteiger partial charge in [0.1, 0.15) is 0 Å². The highest BCUT2D eigenvalue weighted by molar-refractivity contribution is 5.83. The Morgan fingerprint density at radius 1 is 1.17 bits per heavy atom. The van der Waals surface area contributed by atoms with E-state index in [-0.39, 0.29) is 23.8 Å². The number of carbonyl (C=O) groups excluding carboxylic acids is 2. The smallest absolute Gasteiger partial charge is 0.236 e. The summed E-state index contributed by atoms with van der Waals surface area (Å²) in [7, 11) is 3.76. The van der Waals surface area contributed by atoms with E-state index in [0.29, 0.717) is 32.7 Å². The molecule has 1 heterocycles. The third-order valence-corrected chi connectivity index (χ3v) is 3.55. The standard InChI is InChI=1S/C12H22N4O2/c1-14(2)8-11(17)15-3-5-16(6-4-15)12(18)9-7-10(9)13/h9-10H,3-8,13H2,1-2H3. The van der Waals surface area contributed by atoms with E-state index in [1.54, 1.807) is 0 Å². The Morgan fingerprint density at radius 3 is 2.11 bits per heavy atom. The largest absolute Gasteiger partial charge is 0.339 e. The van der Waals surface area contributed by atoms with Gasteiger partial charge in [-0.2, -0.15) is 0 Å². The third-order valence-electron chi connectivity index (χ3n) is 3.55. The van der Waals surface area contributed by atoms with Crippen LogP contribution in [0.3, 0.4) is 0 Å². The monoisotopic (exact) mass is 254 g/mol. The molecule has 1 aliphatic carbocycles. The van der Waals surface area contributed by atoms with Crippen LogP contribution >= 0.6 is 0 Å². The molecule has 0 radical (unpaired) electrons. The summed E-state index contributed by atoms with van der Waals surface area (Å²) in [6.07, 6.45) is 0.818. The van der Waals surface area contributed by atoms with Crippen LogP contribution in [0, 0.1) is 5.92 Å². The molecule has 0 bridgehead atoms. The molecule has 1 saturated carbocycles. The summed E-state index contributed by atoms with van der Waals surface area (Å²) < 4.78 is 0. The van der Waals surface area contributed by atoms with Crippen LogP contribution < -0.4 is 5.73 Å². The van der Waals surface area contributed by atoms with Crippen LogP contribution in [-0.2, 0) is 9.59 Å². The Bertz CT molecular complexity index is 337. The van der Waals surface area contributed by atoms with Crippen molar-refractivity contribution in [1.29, 1.82) is 0 Å². The van der Waals surface area contributed by atoms with Crippen molar-refractivity contribution >= 4 is 11.8 Å². The minimum Gasteiger partial charge on any atom is -0.339 e. The molecule has 102 valence electrons. The molecule has 0 aromatic rings. The first kappa shape index (κ1) is 13.3.